The Balaban J connectivity index is 1.81. The number of halogens is 1. The Morgan fingerprint density at radius 3 is 2.67 bits per heavy atom. The normalized spacial score (nSPS) is 24.4. The summed E-state index contributed by atoms with van der Waals surface area (Å²) in [6, 6.07) is 8.55. The number of nitrogens with two attached hydrogens (primary N) is 1. The van der Waals surface area contributed by atoms with Gasteiger partial charge in [0.1, 0.15) is 0 Å². The zero-order valence-corrected chi connectivity index (χ0v) is 11.9. The van der Waals surface area contributed by atoms with Gasteiger partial charge in [-0.15, -0.1) is 0 Å². The maximum absolute atomic E-state index is 6.04. The highest BCUT2D eigenvalue weighted by molar-refractivity contribution is 6.30. The molecule has 1 aromatic rings. The standard InChI is InChI=1S/C15H23ClN2/c1-18(10-12-5-7-14(16)8-6-12)11-13-3-2-4-15(17)9-13/h5-8,13,15H,2-4,9-11,17H2,1H3. The lowest BCUT2D eigenvalue weighted by Gasteiger charge is -2.30. The first-order valence-electron chi connectivity index (χ1n) is 6.82. The van der Waals surface area contributed by atoms with Gasteiger partial charge < -0.3 is 10.6 Å². The molecular formula is C15H23ClN2. The zero-order valence-electron chi connectivity index (χ0n) is 11.1. The minimum Gasteiger partial charge on any atom is -0.328 e. The van der Waals surface area contributed by atoms with Gasteiger partial charge in [-0.2, -0.15) is 0 Å². The minimum absolute atomic E-state index is 0.424. The quantitative estimate of drug-likeness (QED) is 0.906. The van der Waals surface area contributed by atoms with Crippen molar-refractivity contribution in [2.24, 2.45) is 11.7 Å². The van der Waals surface area contributed by atoms with Crippen molar-refractivity contribution in [2.75, 3.05) is 13.6 Å². The molecule has 0 aromatic heterocycles. The van der Waals surface area contributed by atoms with E-state index in [-0.39, 0.29) is 0 Å². The third-order valence-corrected chi connectivity index (χ3v) is 4.01. The van der Waals surface area contributed by atoms with Crippen LogP contribution >= 0.6 is 11.6 Å². The first-order valence-corrected chi connectivity index (χ1v) is 7.20. The molecule has 0 heterocycles. The molecule has 18 heavy (non-hydrogen) atoms. The summed E-state index contributed by atoms with van der Waals surface area (Å²) in [4.78, 5) is 2.39. The van der Waals surface area contributed by atoms with Gasteiger partial charge in [-0.1, -0.05) is 30.2 Å². The van der Waals surface area contributed by atoms with Gasteiger partial charge in [-0.25, -0.2) is 0 Å². The molecule has 2 N–H and O–H groups in total. The fourth-order valence-corrected chi connectivity index (χ4v) is 3.03. The highest BCUT2D eigenvalue weighted by atomic mass is 35.5. The summed E-state index contributed by atoms with van der Waals surface area (Å²) in [6.07, 6.45) is 5.02. The smallest absolute Gasteiger partial charge is 0.0406 e. The van der Waals surface area contributed by atoms with Gasteiger partial charge in [-0.05, 0) is 49.9 Å². The van der Waals surface area contributed by atoms with Crippen molar-refractivity contribution in [1.82, 2.24) is 4.90 Å². The minimum atomic E-state index is 0.424. The maximum atomic E-state index is 6.04. The number of nitrogens with zero attached hydrogens (tertiary/aromatic N) is 1. The average molecular weight is 267 g/mol. The van der Waals surface area contributed by atoms with Crippen LogP contribution in [0.25, 0.3) is 0 Å². The highest BCUT2D eigenvalue weighted by Crippen LogP contribution is 2.24. The first-order chi connectivity index (χ1) is 8.63. The van der Waals surface area contributed by atoms with E-state index in [9.17, 15) is 0 Å². The van der Waals surface area contributed by atoms with E-state index >= 15 is 0 Å². The molecule has 0 radical (unpaired) electrons. The fraction of sp³-hybridized carbons (Fsp3) is 0.600. The summed E-state index contributed by atoms with van der Waals surface area (Å²) < 4.78 is 0. The summed E-state index contributed by atoms with van der Waals surface area (Å²) in [5.74, 6) is 0.769. The Hall–Kier alpha value is -0.570. The number of rotatable bonds is 4. The van der Waals surface area contributed by atoms with Crippen LogP contribution in [0.3, 0.4) is 0 Å². The molecule has 1 fully saturated rings. The van der Waals surface area contributed by atoms with Crippen LogP contribution in [0.1, 0.15) is 31.2 Å². The van der Waals surface area contributed by atoms with Gasteiger partial charge in [-0.3, -0.25) is 0 Å². The Morgan fingerprint density at radius 1 is 1.28 bits per heavy atom. The van der Waals surface area contributed by atoms with E-state index in [1.165, 1.54) is 31.2 Å². The number of hydrogen-bond acceptors (Lipinski definition) is 2. The average Bonchev–Trinajstić information content (AvgIpc) is 2.32. The predicted octanol–water partition coefficient (Wildman–Crippen LogP) is 3.29. The second-order valence-electron chi connectivity index (χ2n) is 5.62. The van der Waals surface area contributed by atoms with Crippen LogP contribution in [-0.2, 0) is 6.54 Å². The number of hydrogen-bond donors (Lipinski definition) is 1. The highest BCUT2D eigenvalue weighted by Gasteiger charge is 2.20. The summed E-state index contributed by atoms with van der Waals surface area (Å²) >= 11 is 5.89. The summed E-state index contributed by atoms with van der Waals surface area (Å²) in [6.45, 7) is 2.14. The molecular weight excluding hydrogens is 244 g/mol. The Kier molecular flexibility index (Phi) is 5.04. The lowest BCUT2D eigenvalue weighted by molar-refractivity contribution is 0.216. The maximum Gasteiger partial charge on any atom is 0.0406 e. The second-order valence-corrected chi connectivity index (χ2v) is 6.05. The zero-order chi connectivity index (χ0) is 13.0. The number of benzene rings is 1. The molecule has 2 atom stereocenters. The lowest BCUT2D eigenvalue weighted by atomic mass is 9.86. The molecule has 0 saturated heterocycles. The SMILES string of the molecule is CN(Cc1ccc(Cl)cc1)CC1CCCC(N)C1. The Bertz CT molecular complexity index is 363. The molecule has 3 heteroatoms. The van der Waals surface area contributed by atoms with Gasteiger partial charge in [0.2, 0.25) is 0 Å². The first kappa shape index (κ1) is 13.9. The largest absolute Gasteiger partial charge is 0.328 e. The Labute approximate surface area is 115 Å². The van der Waals surface area contributed by atoms with Crippen LogP contribution in [0.4, 0.5) is 0 Å². The van der Waals surface area contributed by atoms with Gasteiger partial charge in [0.25, 0.3) is 0 Å². The summed E-state index contributed by atoms with van der Waals surface area (Å²) in [5.41, 5.74) is 7.36. The van der Waals surface area contributed by atoms with Crippen molar-refractivity contribution >= 4 is 11.6 Å². The van der Waals surface area contributed by atoms with Gasteiger partial charge in [0.05, 0.1) is 0 Å². The van der Waals surface area contributed by atoms with Crippen molar-refractivity contribution in [3.05, 3.63) is 34.9 Å². The molecule has 0 spiro atoms. The van der Waals surface area contributed by atoms with E-state index < -0.39 is 0 Å². The van der Waals surface area contributed by atoms with Gasteiger partial charge in [0.15, 0.2) is 0 Å². The molecule has 1 aliphatic carbocycles. The molecule has 1 aliphatic rings. The molecule has 1 saturated carbocycles. The van der Waals surface area contributed by atoms with Crippen molar-refractivity contribution in [1.29, 1.82) is 0 Å². The third-order valence-electron chi connectivity index (χ3n) is 3.76. The van der Waals surface area contributed by atoms with E-state index in [2.05, 4.69) is 24.1 Å². The summed E-state index contributed by atoms with van der Waals surface area (Å²) in [5, 5.41) is 0.805. The van der Waals surface area contributed by atoms with Crippen LogP contribution in [-0.4, -0.2) is 24.5 Å². The molecule has 0 bridgehead atoms. The molecule has 0 aliphatic heterocycles. The van der Waals surface area contributed by atoms with Crippen LogP contribution in [0.2, 0.25) is 5.02 Å². The third kappa shape index (κ3) is 4.27. The molecule has 2 rings (SSSR count). The molecule has 2 nitrogen and oxygen atoms in total. The molecule has 1 aromatic carbocycles. The van der Waals surface area contributed by atoms with Crippen LogP contribution in [0.15, 0.2) is 24.3 Å². The van der Waals surface area contributed by atoms with Crippen LogP contribution in [0, 0.1) is 5.92 Å². The van der Waals surface area contributed by atoms with Gasteiger partial charge in [0, 0.05) is 24.2 Å². The van der Waals surface area contributed by atoms with Crippen molar-refractivity contribution in [3.8, 4) is 0 Å². The molecule has 100 valence electrons. The predicted molar refractivity (Wildman–Crippen MR) is 77.7 cm³/mol. The topological polar surface area (TPSA) is 29.3 Å². The summed E-state index contributed by atoms with van der Waals surface area (Å²) in [7, 11) is 2.19. The van der Waals surface area contributed by atoms with Crippen LogP contribution < -0.4 is 5.73 Å². The van der Waals surface area contributed by atoms with E-state index in [0.717, 1.165) is 24.0 Å². The Morgan fingerprint density at radius 2 is 2.00 bits per heavy atom. The van der Waals surface area contributed by atoms with Gasteiger partial charge >= 0.3 is 0 Å². The van der Waals surface area contributed by atoms with E-state index in [1.54, 1.807) is 0 Å². The van der Waals surface area contributed by atoms with E-state index in [1.807, 2.05) is 12.1 Å². The monoisotopic (exact) mass is 266 g/mol. The van der Waals surface area contributed by atoms with Crippen molar-refractivity contribution in [3.63, 3.8) is 0 Å². The second kappa shape index (κ2) is 6.55. The lowest BCUT2D eigenvalue weighted by Crippen LogP contribution is -2.34. The van der Waals surface area contributed by atoms with Crippen molar-refractivity contribution in [2.45, 2.75) is 38.3 Å². The van der Waals surface area contributed by atoms with Crippen molar-refractivity contribution < 1.29 is 0 Å². The molecule has 2 unspecified atom stereocenters. The van der Waals surface area contributed by atoms with E-state index in [4.69, 9.17) is 17.3 Å². The van der Waals surface area contributed by atoms with E-state index in [0.29, 0.717) is 6.04 Å². The van der Waals surface area contributed by atoms with Crippen LogP contribution in [0.5, 0.6) is 0 Å². The fourth-order valence-electron chi connectivity index (χ4n) is 2.91. The molecule has 0 amide bonds.